The molecule has 2 heterocycles. The highest BCUT2D eigenvalue weighted by Gasteiger charge is 2.47. The van der Waals surface area contributed by atoms with Crippen molar-refractivity contribution in [2.45, 2.75) is 45.0 Å². The third-order valence-electron chi connectivity index (χ3n) is 6.82. The summed E-state index contributed by atoms with van der Waals surface area (Å²) in [6.45, 7) is 3.59. The van der Waals surface area contributed by atoms with Crippen molar-refractivity contribution in [2.75, 3.05) is 18.8 Å². The highest BCUT2D eigenvalue weighted by molar-refractivity contribution is 7.89. The molecule has 0 aromatic heterocycles. The van der Waals surface area contributed by atoms with Gasteiger partial charge in [-0.15, -0.1) is 13.2 Å². The van der Waals surface area contributed by atoms with E-state index in [1.54, 1.807) is 13.8 Å². The summed E-state index contributed by atoms with van der Waals surface area (Å²) >= 11 is 0. The summed E-state index contributed by atoms with van der Waals surface area (Å²) in [7, 11) is -3.68. The van der Waals surface area contributed by atoms with Gasteiger partial charge in [0.25, 0.3) is 5.91 Å². The highest BCUT2D eigenvalue weighted by atomic mass is 32.2. The lowest BCUT2D eigenvalue weighted by molar-refractivity contribution is -0.274. The zero-order valence-electron chi connectivity index (χ0n) is 20.6. The fraction of sp³-hybridized carbons (Fsp3) is 0.400. The van der Waals surface area contributed by atoms with Crippen LogP contribution in [-0.2, 0) is 21.2 Å². The predicted octanol–water partition coefficient (Wildman–Crippen LogP) is 3.18. The van der Waals surface area contributed by atoms with Crippen LogP contribution < -0.4 is 10.1 Å². The lowest BCUT2D eigenvalue weighted by Crippen LogP contribution is -2.50. The first-order valence-electron chi connectivity index (χ1n) is 11.8. The number of amides is 1. The van der Waals surface area contributed by atoms with Gasteiger partial charge in [-0.25, -0.2) is 17.5 Å². The molecular weight excluding hydrogens is 527 g/mol. The van der Waals surface area contributed by atoms with E-state index in [0.717, 1.165) is 17.7 Å². The van der Waals surface area contributed by atoms with Gasteiger partial charge in [-0.3, -0.25) is 9.79 Å². The molecule has 0 saturated carbocycles. The van der Waals surface area contributed by atoms with Gasteiger partial charge in [-0.2, -0.15) is 0 Å². The Hall–Kier alpha value is -3.45. The fourth-order valence-electron chi connectivity index (χ4n) is 4.84. The van der Waals surface area contributed by atoms with E-state index in [0.29, 0.717) is 11.1 Å². The molecule has 38 heavy (non-hydrogen) atoms. The number of nitrogens with zero attached hydrogens (tertiary/aromatic N) is 2. The Morgan fingerprint density at radius 1 is 1.16 bits per heavy atom. The quantitative estimate of drug-likeness (QED) is 0.543. The molecule has 0 radical (unpaired) electrons. The molecule has 1 spiro atoms. The topological polar surface area (TPSA) is 125 Å². The summed E-state index contributed by atoms with van der Waals surface area (Å²) in [5, 5.41) is 11.8. The number of carbonyl (C=O) groups excluding carboxylic acids is 1. The van der Waals surface area contributed by atoms with Gasteiger partial charge in [0.15, 0.2) is 0 Å². The number of rotatable bonds is 7. The summed E-state index contributed by atoms with van der Waals surface area (Å²) < 4.78 is 69.1. The summed E-state index contributed by atoms with van der Waals surface area (Å²) in [5.41, 5.74) is 1.35. The molecular formula is C25H26F3N3O6S. The minimum atomic E-state index is -4.86. The predicted molar refractivity (Wildman–Crippen MR) is 132 cm³/mol. The van der Waals surface area contributed by atoms with Crippen LogP contribution in [0, 0.1) is 13.8 Å². The van der Waals surface area contributed by atoms with Crippen LogP contribution in [0.15, 0.2) is 41.4 Å². The number of ether oxygens (including phenoxy) is 1. The number of benzene rings is 2. The Morgan fingerprint density at radius 2 is 1.79 bits per heavy atom. The maximum Gasteiger partial charge on any atom is 0.573 e. The van der Waals surface area contributed by atoms with Gasteiger partial charge in [0.1, 0.15) is 17.1 Å². The van der Waals surface area contributed by atoms with Gasteiger partial charge in [-0.1, -0.05) is 12.1 Å². The van der Waals surface area contributed by atoms with Crippen molar-refractivity contribution < 1.29 is 41.0 Å². The van der Waals surface area contributed by atoms with Crippen molar-refractivity contribution in [2.24, 2.45) is 4.99 Å². The summed E-state index contributed by atoms with van der Waals surface area (Å²) in [6, 6.07) is 8.13. The second-order valence-corrected chi connectivity index (χ2v) is 11.5. The molecule has 9 nitrogen and oxygen atoms in total. The molecule has 1 fully saturated rings. The van der Waals surface area contributed by atoms with Crippen molar-refractivity contribution >= 4 is 27.7 Å². The molecule has 2 aromatic rings. The van der Waals surface area contributed by atoms with Crippen molar-refractivity contribution in [3.05, 3.63) is 64.2 Å². The Bertz CT molecular complexity index is 1390. The number of alkyl halides is 3. The molecule has 0 bridgehead atoms. The Labute approximate surface area is 217 Å². The Balaban J connectivity index is 1.43. The summed E-state index contributed by atoms with van der Waals surface area (Å²) in [4.78, 5) is 28.5. The molecule has 0 aliphatic carbocycles. The molecule has 2 aromatic carbocycles. The first-order valence-corrected chi connectivity index (χ1v) is 13.4. The van der Waals surface area contributed by atoms with Gasteiger partial charge >= 0.3 is 12.3 Å². The zero-order chi connectivity index (χ0) is 27.9. The number of hydrogen-bond acceptors (Lipinski definition) is 6. The van der Waals surface area contributed by atoms with E-state index in [4.69, 9.17) is 0 Å². The van der Waals surface area contributed by atoms with Crippen molar-refractivity contribution in [1.29, 1.82) is 0 Å². The number of hydrogen-bond donors (Lipinski definition) is 2. The average Bonchev–Trinajstić information content (AvgIpc) is 3.13. The first-order chi connectivity index (χ1) is 17.7. The molecule has 1 saturated heterocycles. The zero-order valence-corrected chi connectivity index (χ0v) is 21.4. The van der Waals surface area contributed by atoms with Crippen LogP contribution in [0.5, 0.6) is 5.75 Å². The van der Waals surface area contributed by atoms with Crippen LogP contribution in [0.1, 0.15) is 45.5 Å². The van der Waals surface area contributed by atoms with E-state index >= 15 is 0 Å². The van der Waals surface area contributed by atoms with Crippen LogP contribution in [0.25, 0.3) is 0 Å². The van der Waals surface area contributed by atoms with Crippen LogP contribution in [0.4, 0.5) is 13.2 Å². The van der Waals surface area contributed by atoms with Crippen LogP contribution in [0.2, 0.25) is 0 Å². The molecule has 2 aliphatic heterocycles. The number of nitrogens with one attached hydrogen (secondary N) is 1. The average molecular weight is 554 g/mol. The van der Waals surface area contributed by atoms with E-state index in [9.17, 15) is 36.3 Å². The second-order valence-electron chi connectivity index (χ2n) is 9.38. The normalized spacial score (nSPS) is 17.8. The number of sulfonamides is 1. The van der Waals surface area contributed by atoms with E-state index in [-0.39, 0.29) is 55.1 Å². The van der Waals surface area contributed by atoms with Crippen molar-refractivity contribution in [1.82, 2.24) is 9.62 Å². The SMILES string of the molecule is Cc1cc(C(=O)O)cc(C)c1CCS(=O)(=O)N1CCC2(CC1)N=C(c1cccc(OC(F)(F)F)c1)NC2=O. The number of carboxylic acid groups (broad SMARTS) is 1. The number of aromatic carboxylic acids is 1. The molecule has 4 rings (SSSR count). The van der Waals surface area contributed by atoms with E-state index in [1.165, 1.54) is 28.6 Å². The van der Waals surface area contributed by atoms with Crippen LogP contribution in [-0.4, -0.2) is 66.3 Å². The smallest absolute Gasteiger partial charge is 0.478 e. The second kappa shape index (κ2) is 10.0. The third kappa shape index (κ3) is 5.83. The first kappa shape index (κ1) is 27.6. The van der Waals surface area contributed by atoms with Crippen LogP contribution >= 0.6 is 0 Å². The number of amidine groups is 1. The largest absolute Gasteiger partial charge is 0.573 e. The van der Waals surface area contributed by atoms with Gasteiger partial charge in [-0.05, 0) is 74.1 Å². The molecule has 0 atom stereocenters. The molecule has 13 heteroatoms. The van der Waals surface area contributed by atoms with E-state index in [1.807, 2.05) is 0 Å². The number of carbonyl (C=O) groups is 2. The monoisotopic (exact) mass is 553 g/mol. The van der Waals surface area contributed by atoms with Gasteiger partial charge in [0.2, 0.25) is 10.0 Å². The fourth-order valence-corrected chi connectivity index (χ4v) is 6.30. The summed E-state index contributed by atoms with van der Waals surface area (Å²) in [5.74, 6) is -2.01. The molecule has 2 aliphatic rings. The van der Waals surface area contributed by atoms with Gasteiger partial charge in [0.05, 0.1) is 11.3 Å². The molecule has 0 unspecified atom stereocenters. The van der Waals surface area contributed by atoms with Gasteiger partial charge in [0, 0.05) is 18.7 Å². The lowest BCUT2D eigenvalue weighted by atomic mass is 9.89. The lowest BCUT2D eigenvalue weighted by Gasteiger charge is -2.34. The number of piperidine rings is 1. The maximum atomic E-state index is 13.1. The minimum absolute atomic E-state index is 0.0552. The number of aryl methyl sites for hydroxylation is 2. The molecule has 204 valence electrons. The standard InChI is InChI=1S/C25H26F3N3O6S/c1-15-12-18(22(32)33)13-16(2)20(15)6-11-38(35,36)31-9-7-24(8-10-31)23(34)29-21(30-24)17-4-3-5-19(14-17)37-25(26,27)28/h3-5,12-14H,6-11H2,1-2H3,(H,32,33)(H,29,30,34). The molecule has 1 amide bonds. The third-order valence-corrected chi connectivity index (χ3v) is 8.69. The van der Waals surface area contributed by atoms with Crippen molar-refractivity contribution in [3.8, 4) is 5.75 Å². The van der Waals surface area contributed by atoms with E-state index in [2.05, 4.69) is 15.0 Å². The van der Waals surface area contributed by atoms with Crippen molar-refractivity contribution in [3.63, 3.8) is 0 Å². The maximum absolute atomic E-state index is 13.1. The Morgan fingerprint density at radius 3 is 2.37 bits per heavy atom. The Kier molecular flexibility index (Phi) is 7.28. The highest BCUT2D eigenvalue weighted by Crippen LogP contribution is 2.33. The van der Waals surface area contributed by atoms with Gasteiger partial charge < -0.3 is 15.2 Å². The number of aliphatic imine (C=N–C) groups is 1. The minimum Gasteiger partial charge on any atom is -0.478 e. The number of halogens is 3. The van der Waals surface area contributed by atoms with E-state index < -0.39 is 39.6 Å². The summed E-state index contributed by atoms with van der Waals surface area (Å²) in [6.07, 6.45) is -4.42. The number of carboxylic acids is 1. The van der Waals surface area contributed by atoms with Crippen LogP contribution in [0.3, 0.4) is 0 Å². The molecule has 2 N–H and O–H groups in total.